The molecule has 5 heteroatoms. The highest BCUT2D eigenvalue weighted by molar-refractivity contribution is 5.78. The molecule has 0 spiro atoms. The Hall–Kier alpha value is -1.78. The monoisotopic (exact) mass is 250 g/mol. The zero-order valence-electron chi connectivity index (χ0n) is 9.83. The molecule has 1 saturated carbocycles. The van der Waals surface area contributed by atoms with Crippen LogP contribution >= 0.6 is 0 Å². The molecule has 96 valence electrons. The standard InChI is InChI=1S/C13H14O5/c1-2-3-5-13-6-4-8(7-13)9-10(13)17-12(15)18-11(14)16-9/h2,4,6,8-10H,1,3,5,7H2. The van der Waals surface area contributed by atoms with Gasteiger partial charge in [0.1, 0.15) is 6.10 Å². The Balaban J connectivity index is 1.89. The minimum Gasteiger partial charge on any atom is -0.426 e. The quantitative estimate of drug-likeness (QED) is 0.437. The summed E-state index contributed by atoms with van der Waals surface area (Å²) in [4.78, 5) is 22.6. The third-order valence-corrected chi connectivity index (χ3v) is 4.01. The summed E-state index contributed by atoms with van der Waals surface area (Å²) < 4.78 is 14.8. The summed E-state index contributed by atoms with van der Waals surface area (Å²) in [5.41, 5.74) is -0.243. The number of hydrogen-bond donors (Lipinski definition) is 0. The lowest BCUT2D eigenvalue weighted by Crippen LogP contribution is -2.40. The molecule has 0 aromatic rings. The van der Waals surface area contributed by atoms with Gasteiger partial charge in [0.15, 0.2) is 6.10 Å². The van der Waals surface area contributed by atoms with Gasteiger partial charge in [-0.2, -0.15) is 0 Å². The van der Waals surface area contributed by atoms with Crippen LogP contribution in [0.4, 0.5) is 9.59 Å². The van der Waals surface area contributed by atoms with Gasteiger partial charge in [0.2, 0.25) is 0 Å². The largest absolute Gasteiger partial charge is 0.519 e. The van der Waals surface area contributed by atoms with E-state index in [1.54, 1.807) is 0 Å². The van der Waals surface area contributed by atoms with Crippen LogP contribution in [-0.4, -0.2) is 24.5 Å². The van der Waals surface area contributed by atoms with Crippen LogP contribution in [-0.2, 0) is 14.2 Å². The molecule has 2 bridgehead atoms. The van der Waals surface area contributed by atoms with Gasteiger partial charge in [-0.25, -0.2) is 9.59 Å². The van der Waals surface area contributed by atoms with Crippen LogP contribution in [0, 0.1) is 11.3 Å². The molecule has 3 rings (SSSR count). The van der Waals surface area contributed by atoms with Crippen LogP contribution in [0.2, 0.25) is 0 Å². The number of allylic oxidation sites excluding steroid dienone is 1. The van der Waals surface area contributed by atoms with Crippen LogP contribution in [0.25, 0.3) is 0 Å². The first kappa shape index (κ1) is 11.3. The van der Waals surface area contributed by atoms with Gasteiger partial charge >= 0.3 is 12.3 Å². The Morgan fingerprint density at radius 2 is 2.17 bits per heavy atom. The van der Waals surface area contributed by atoms with Crippen molar-refractivity contribution in [2.45, 2.75) is 31.5 Å². The Kier molecular flexibility index (Phi) is 2.43. The van der Waals surface area contributed by atoms with E-state index in [0.29, 0.717) is 0 Å². The molecule has 4 atom stereocenters. The van der Waals surface area contributed by atoms with E-state index >= 15 is 0 Å². The third kappa shape index (κ3) is 1.54. The van der Waals surface area contributed by atoms with E-state index in [2.05, 4.69) is 17.4 Å². The summed E-state index contributed by atoms with van der Waals surface area (Å²) >= 11 is 0. The molecule has 1 heterocycles. The zero-order valence-corrected chi connectivity index (χ0v) is 9.83. The van der Waals surface area contributed by atoms with E-state index in [1.165, 1.54) is 0 Å². The molecule has 18 heavy (non-hydrogen) atoms. The summed E-state index contributed by atoms with van der Waals surface area (Å²) in [7, 11) is 0. The third-order valence-electron chi connectivity index (χ3n) is 4.01. The number of hydrogen-bond acceptors (Lipinski definition) is 5. The van der Waals surface area contributed by atoms with Crippen molar-refractivity contribution in [2.75, 3.05) is 0 Å². The normalized spacial score (nSPS) is 40.6. The molecule has 0 aromatic carbocycles. The van der Waals surface area contributed by atoms with E-state index < -0.39 is 24.5 Å². The Labute approximate surface area is 104 Å². The molecule has 2 aliphatic carbocycles. The number of ether oxygens (including phenoxy) is 3. The van der Waals surface area contributed by atoms with E-state index in [9.17, 15) is 9.59 Å². The predicted molar refractivity (Wildman–Crippen MR) is 60.7 cm³/mol. The number of carbonyl (C=O) groups excluding carboxylic acids is 2. The minimum atomic E-state index is -0.966. The van der Waals surface area contributed by atoms with Gasteiger partial charge in [-0.1, -0.05) is 18.2 Å². The smallest absolute Gasteiger partial charge is 0.426 e. The van der Waals surface area contributed by atoms with Gasteiger partial charge in [-0.05, 0) is 19.3 Å². The fourth-order valence-electron chi connectivity index (χ4n) is 3.24. The highest BCUT2D eigenvalue weighted by atomic mass is 16.8. The van der Waals surface area contributed by atoms with Gasteiger partial charge in [0, 0.05) is 11.3 Å². The predicted octanol–water partition coefficient (Wildman–Crippen LogP) is 2.57. The van der Waals surface area contributed by atoms with E-state index in [4.69, 9.17) is 9.47 Å². The second kappa shape index (κ2) is 3.86. The molecular weight excluding hydrogens is 236 g/mol. The average Bonchev–Trinajstić information content (AvgIpc) is 2.80. The summed E-state index contributed by atoms with van der Waals surface area (Å²) in [6, 6.07) is 0. The Morgan fingerprint density at radius 1 is 1.39 bits per heavy atom. The zero-order chi connectivity index (χ0) is 12.8. The lowest BCUT2D eigenvalue weighted by Gasteiger charge is -2.32. The fraction of sp³-hybridized carbons (Fsp3) is 0.538. The van der Waals surface area contributed by atoms with Crippen molar-refractivity contribution in [1.82, 2.24) is 0 Å². The molecule has 0 radical (unpaired) electrons. The molecule has 1 saturated heterocycles. The van der Waals surface area contributed by atoms with Crippen molar-refractivity contribution in [2.24, 2.45) is 11.3 Å². The first-order valence-corrected chi connectivity index (χ1v) is 6.04. The molecule has 0 amide bonds. The van der Waals surface area contributed by atoms with Gasteiger partial charge < -0.3 is 14.2 Å². The maximum Gasteiger partial charge on any atom is 0.519 e. The summed E-state index contributed by atoms with van der Waals surface area (Å²) in [6.07, 6.45) is 5.66. The number of cyclic esters (lactones) is 2. The second-order valence-corrected chi connectivity index (χ2v) is 5.01. The van der Waals surface area contributed by atoms with Crippen LogP contribution in [0.5, 0.6) is 0 Å². The molecule has 4 unspecified atom stereocenters. The highest BCUT2D eigenvalue weighted by Crippen LogP contribution is 2.55. The van der Waals surface area contributed by atoms with E-state index in [1.807, 2.05) is 12.2 Å². The first-order chi connectivity index (χ1) is 8.64. The SMILES string of the molecule is C=CCCC12C=CC(C1)C1OC(=O)OC(=O)OC12. The van der Waals surface area contributed by atoms with E-state index in [0.717, 1.165) is 19.3 Å². The Bertz CT molecular complexity index is 441. The lowest BCUT2D eigenvalue weighted by atomic mass is 9.80. The summed E-state index contributed by atoms with van der Waals surface area (Å²) in [6.45, 7) is 3.71. The van der Waals surface area contributed by atoms with Crippen molar-refractivity contribution < 1.29 is 23.8 Å². The number of carbonyl (C=O) groups is 2. The van der Waals surface area contributed by atoms with Crippen molar-refractivity contribution in [3.05, 3.63) is 24.8 Å². The average molecular weight is 250 g/mol. The topological polar surface area (TPSA) is 61.8 Å². The van der Waals surface area contributed by atoms with Gasteiger partial charge in [0.05, 0.1) is 0 Å². The summed E-state index contributed by atoms with van der Waals surface area (Å²) in [5, 5.41) is 0. The number of rotatable bonds is 3. The van der Waals surface area contributed by atoms with Gasteiger partial charge in [0.25, 0.3) is 0 Å². The minimum absolute atomic E-state index is 0.110. The molecule has 5 nitrogen and oxygen atoms in total. The molecule has 2 fully saturated rings. The van der Waals surface area contributed by atoms with Crippen molar-refractivity contribution in [3.63, 3.8) is 0 Å². The fourth-order valence-corrected chi connectivity index (χ4v) is 3.24. The van der Waals surface area contributed by atoms with Gasteiger partial charge in [-0.3, -0.25) is 0 Å². The molecular formula is C13H14O5. The van der Waals surface area contributed by atoms with Crippen LogP contribution in [0.15, 0.2) is 24.8 Å². The molecule has 0 N–H and O–H groups in total. The first-order valence-electron chi connectivity index (χ1n) is 6.04. The van der Waals surface area contributed by atoms with Crippen LogP contribution in [0.3, 0.4) is 0 Å². The highest BCUT2D eigenvalue weighted by Gasteiger charge is 2.60. The Morgan fingerprint density at radius 3 is 2.94 bits per heavy atom. The maximum atomic E-state index is 11.3. The van der Waals surface area contributed by atoms with Crippen LogP contribution in [0.1, 0.15) is 19.3 Å². The lowest BCUT2D eigenvalue weighted by molar-refractivity contribution is -0.0190. The molecule has 3 aliphatic rings. The van der Waals surface area contributed by atoms with Crippen molar-refractivity contribution in [3.8, 4) is 0 Å². The van der Waals surface area contributed by atoms with Crippen molar-refractivity contribution >= 4 is 12.3 Å². The number of fused-ring (bicyclic) bond motifs is 5. The van der Waals surface area contributed by atoms with Crippen LogP contribution < -0.4 is 0 Å². The molecule has 1 aliphatic heterocycles. The second-order valence-electron chi connectivity index (χ2n) is 5.01. The van der Waals surface area contributed by atoms with Crippen molar-refractivity contribution in [1.29, 1.82) is 0 Å². The van der Waals surface area contributed by atoms with E-state index in [-0.39, 0.29) is 11.3 Å². The maximum absolute atomic E-state index is 11.3. The summed E-state index contributed by atoms with van der Waals surface area (Å²) in [5.74, 6) is 0.110. The van der Waals surface area contributed by atoms with Gasteiger partial charge in [-0.15, -0.1) is 6.58 Å². The molecule has 0 aromatic heterocycles.